The standard InChI is InChI=1S/C28H43NO4.Na/c1-2-3-4-5-6-7-8-9-10-11-12-13-14-15-16-19-24(30)22-23-29-27(31)25-20-17-18-21-26(25)28(32)33;/h9-10,17-18,20-21H,2-8,11-16,19,22-23H2,1H3,(H,29,31)(H,32,33);/q;+1/p-1. The number of amides is 1. The van der Waals surface area contributed by atoms with Crippen molar-refractivity contribution in [2.24, 2.45) is 0 Å². The van der Waals surface area contributed by atoms with Gasteiger partial charge in [-0.05, 0) is 38.2 Å². The number of rotatable bonds is 20. The molecule has 1 aromatic rings. The van der Waals surface area contributed by atoms with Crippen LogP contribution in [0.5, 0.6) is 0 Å². The monoisotopic (exact) mass is 479 g/mol. The second-order valence-corrected chi connectivity index (χ2v) is 8.71. The van der Waals surface area contributed by atoms with Crippen molar-refractivity contribution in [3.05, 3.63) is 47.5 Å². The number of ketones is 1. The van der Waals surface area contributed by atoms with Crippen molar-refractivity contribution in [2.75, 3.05) is 6.54 Å². The molecule has 0 radical (unpaired) electrons. The molecule has 0 aromatic heterocycles. The molecule has 0 saturated carbocycles. The van der Waals surface area contributed by atoms with Crippen LogP contribution in [0, 0.1) is 0 Å². The Labute approximate surface area is 228 Å². The first kappa shape index (κ1) is 32.6. The molecule has 0 atom stereocenters. The second-order valence-electron chi connectivity index (χ2n) is 8.71. The molecule has 0 unspecified atom stereocenters. The molecule has 0 fully saturated rings. The number of unbranched alkanes of at least 4 members (excludes halogenated alkanes) is 11. The van der Waals surface area contributed by atoms with Gasteiger partial charge >= 0.3 is 29.6 Å². The van der Waals surface area contributed by atoms with Gasteiger partial charge < -0.3 is 15.2 Å². The fourth-order valence-corrected chi connectivity index (χ4v) is 3.79. The third kappa shape index (κ3) is 16.2. The minimum atomic E-state index is -1.39. The minimum absolute atomic E-state index is 0. The summed E-state index contributed by atoms with van der Waals surface area (Å²) in [4.78, 5) is 35.2. The van der Waals surface area contributed by atoms with E-state index >= 15 is 0 Å². The molecule has 1 N–H and O–H groups in total. The smallest absolute Gasteiger partial charge is 0.545 e. The van der Waals surface area contributed by atoms with Crippen LogP contribution < -0.4 is 40.0 Å². The summed E-state index contributed by atoms with van der Waals surface area (Å²) >= 11 is 0. The normalized spacial score (nSPS) is 10.7. The van der Waals surface area contributed by atoms with Gasteiger partial charge in [-0.1, -0.05) is 88.6 Å². The molecule has 0 heterocycles. The van der Waals surface area contributed by atoms with Gasteiger partial charge in [-0.15, -0.1) is 0 Å². The van der Waals surface area contributed by atoms with Crippen molar-refractivity contribution >= 4 is 17.7 Å². The minimum Gasteiger partial charge on any atom is -0.545 e. The molecule has 0 aliphatic rings. The summed E-state index contributed by atoms with van der Waals surface area (Å²) in [6, 6.07) is 5.91. The average molecular weight is 480 g/mol. The van der Waals surface area contributed by atoms with E-state index in [0.29, 0.717) is 6.42 Å². The van der Waals surface area contributed by atoms with Crippen LogP contribution in [0.4, 0.5) is 0 Å². The number of benzene rings is 1. The van der Waals surface area contributed by atoms with Crippen LogP contribution in [0.3, 0.4) is 0 Å². The summed E-state index contributed by atoms with van der Waals surface area (Å²) in [6.45, 7) is 2.46. The average Bonchev–Trinajstić information content (AvgIpc) is 2.81. The summed E-state index contributed by atoms with van der Waals surface area (Å²) in [7, 11) is 0. The number of hydrogen-bond acceptors (Lipinski definition) is 4. The second kappa shape index (κ2) is 22.1. The predicted octanol–water partition coefficient (Wildman–Crippen LogP) is 2.78. The van der Waals surface area contributed by atoms with Gasteiger partial charge in [0.05, 0.1) is 5.97 Å². The van der Waals surface area contributed by atoms with E-state index in [0.717, 1.165) is 25.7 Å². The zero-order valence-electron chi connectivity index (χ0n) is 21.4. The van der Waals surface area contributed by atoms with E-state index in [2.05, 4.69) is 24.4 Å². The SMILES string of the molecule is CCCCCCCCC=CCCCCCCCC(=O)CCNC(=O)c1ccccc1C(=O)[O-].[Na+]. The van der Waals surface area contributed by atoms with Crippen LogP contribution in [-0.4, -0.2) is 24.2 Å². The van der Waals surface area contributed by atoms with E-state index in [9.17, 15) is 19.5 Å². The summed E-state index contributed by atoms with van der Waals surface area (Å²) < 4.78 is 0. The van der Waals surface area contributed by atoms with Gasteiger partial charge in [-0.25, -0.2) is 0 Å². The van der Waals surface area contributed by atoms with Crippen LogP contribution in [0.1, 0.15) is 124 Å². The molecule has 0 aliphatic carbocycles. The van der Waals surface area contributed by atoms with Crippen LogP contribution in [0.25, 0.3) is 0 Å². The first-order valence-electron chi connectivity index (χ1n) is 12.8. The first-order chi connectivity index (χ1) is 16.1. The van der Waals surface area contributed by atoms with Crippen molar-refractivity contribution in [1.82, 2.24) is 5.32 Å². The molecule has 0 saturated heterocycles. The summed E-state index contributed by atoms with van der Waals surface area (Å²) in [5, 5.41) is 13.7. The number of hydrogen-bond donors (Lipinski definition) is 1. The maximum Gasteiger partial charge on any atom is 1.00 e. The topological polar surface area (TPSA) is 86.3 Å². The fourth-order valence-electron chi connectivity index (χ4n) is 3.79. The molecular formula is C28H42NNaO4. The van der Waals surface area contributed by atoms with Crippen molar-refractivity contribution in [1.29, 1.82) is 0 Å². The Hall–Kier alpha value is -1.43. The third-order valence-electron chi connectivity index (χ3n) is 5.80. The largest absolute Gasteiger partial charge is 1.00 e. The third-order valence-corrected chi connectivity index (χ3v) is 5.80. The molecule has 0 spiro atoms. The molecule has 6 heteroatoms. The zero-order valence-corrected chi connectivity index (χ0v) is 23.4. The molecule has 5 nitrogen and oxygen atoms in total. The number of carbonyl (C=O) groups is 3. The quantitative estimate of drug-likeness (QED) is 0.177. The Morgan fingerprint density at radius 2 is 1.29 bits per heavy atom. The summed E-state index contributed by atoms with van der Waals surface area (Å²) in [5.74, 6) is -1.76. The molecule has 1 amide bonds. The van der Waals surface area contributed by atoms with Crippen molar-refractivity contribution in [2.45, 2.75) is 103 Å². The molecular weight excluding hydrogens is 437 g/mol. The zero-order chi connectivity index (χ0) is 24.2. The Bertz CT molecular complexity index is 733. The van der Waals surface area contributed by atoms with E-state index < -0.39 is 11.9 Å². The van der Waals surface area contributed by atoms with Gasteiger partial charge in [-0.3, -0.25) is 9.59 Å². The molecule has 1 rings (SSSR count). The number of carbonyl (C=O) groups excluding carboxylic acids is 3. The van der Waals surface area contributed by atoms with E-state index in [-0.39, 0.29) is 59.4 Å². The predicted molar refractivity (Wildman–Crippen MR) is 132 cm³/mol. The van der Waals surface area contributed by atoms with Crippen LogP contribution in [0.2, 0.25) is 0 Å². The number of aromatic carboxylic acids is 1. The Kier molecular flexibility index (Phi) is 21.1. The van der Waals surface area contributed by atoms with Gasteiger partial charge in [0, 0.05) is 30.5 Å². The van der Waals surface area contributed by atoms with Crippen LogP contribution in [0.15, 0.2) is 36.4 Å². The number of allylic oxidation sites excluding steroid dienone is 2. The maximum atomic E-state index is 12.1. The van der Waals surface area contributed by atoms with Crippen molar-refractivity contribution in [3.63, 3.8) is 0 Å². The van der Waals surface area contributed by atoms with Crippen LogP contribution in [-0.2, 0) is 4.79 Å². The summed E-state index contributed by atoms with van der Waals surface area (Å²) in [6.07, 6.45) is 21.4. The van der Waals surface area contributed by atoms with E-state index in [4.69, 9.17) is 0 Å². The Morgan fingerprint density at radius 1 is 0.765 bits per heavy atom. The van der Waals surface area contributed by atoms with Gasteiger partial charge in [-0.2, -0.15) is 0 Å². The van der Waals surface area contributed by atoms with Gasteiger partial charge in [0.15, 0.2) is 0 Å². The molecule has 0 aliphatic heterocycles. The molecule has 34 heavy (non-hydrogen) atoms. The molecule has 184 valence electrons. The molecule has 1 aromatic carbocycles. The Balaban J connectivity index is 0.0000109. The van der Waals surface area contributed by atoms with Gasteiger partial charge in [0.2, 0.25) is 0 Å². The maximum absolute atomic E-state index is 12.1. The first-order valence-corrected chi connectivity index (χ1v) is 12.8. The van der Waals surface area contributed by atoms with E-state index in [1.807, 2.05) is 0 Å². The fraction of sp³-hybridized carbons (Fsp3) is 0.607. The van der Waals surface area contributed by atoms with Crippen molar-refractivity contribution in [3.8, 4) is 0 Å². The molecule has 0 bridgehead atoms. The van der Waals surface area contributed by atoms with Gasteiger partial charge in [0.25, 0.3) is 5.91 Å². The van der Waals surface area contributed by atoms with Crippen LogP contribution >= 0.6 is 0 Å². The van der Waals surface area contributed by atoms with E-state index in [1.54, 1.807) is 12.1 Å². The van der Waals surface area contributed by atoms with E-state index in [1.165, 1.54) is 69.9 Å². The number of carboxylic acid groups (broad SMARTS) is 1. The Morgan fingerprint density at radius 3 is 1.88 bits per heavy atom. The number of Topliss-reactive ketones (excluding diaryl/α,β-unsaturated/α-hetero) is 1. The number of carboxylic acids is 1. The summed E-state index contributed by atoms with van der Waals surface area (Å²) in [5.41, 5.74) is -0.0863. The van der Waals surface area contributed by atoms with Gasteiger partial charge in [0.1, 0.15) is 5.78 Å². The number of nitrogens with one attached hydrogen (secondary N) is 1. The van der Waals surface area contributed by atoms with Crippen molar-refractivity contribution < 1.29 is 49.0 Å².